The number of hydrogen-bond acceptors (Lipinski definition) is 3. The van der Waals surface area contributed by atoms with Gasteiger partial charge in [0.2, 0.25) is 0 Å². The molecule has 0 amide bonds. The fourth-order valence-corrected chi connectivity index (χ4v) is 3.19. The van der Waals surface area contributed by atoms with Crippen LogP contribution < -0.4 is 5.32 Å². The van der Waals surface area contributed by atoms with E-state index in [1.54, 1.807) is 11.3 Å². The first-order valence-electron chi connectivity index (χ1n) is 6.90. The van der Waals surface area contributed by atoms with Crippen LogP contribution in [0.3, 0.4) is 0 Å². The Labute approximate surface area is 119 Å². The first kappa shape index (κ1) is 14.2. The minimum atomic E-state index is 0.443. The molecule has 1 heterocycles. The summed E-state index contributed by atoms with van der Waals surface area (Å²) in [5.74, 6) is 0.491. The van der Waals surface area contributed by atoms with Crippen LogP contribution in [0, 0.1) is 6.92 Å². The Hall–Kier alpha value is -1.19. The average Bonchev–Trinajstić information content (AvgIpc) is 2.84. The maximum atomic E-state index is 4.59. The Morgan fingerprint density at radius 2 is 2.00 bits per heavy atom. The highest BCUT2D eigenvalue weighted by molar-refractivity contribution is 7.09. The summed E-state index contributed by atoms with van der Waals surface area (Å²) >= 11 is 1.77. The first-order chi connectivity index (χ1) is 9.20. The van der Waals surface area contributed by atoms with Crippen LogP contribution in [-0.4, -0.2) is 17.6 Å². The molecule has 0 aliphatic carbocycles. The number of hydrogen-bond donors (Lipinski definition) is 1. The molecule has 2 aromatic rings. The van der Waals surface area contributed by atoms with Gasteiger partial charge in [0, 0.05) is 23.5 Å². The second kappa shape index (κ2) is 6.83. The average molecular weight is 274 g/mol. The predicted octanol–water partition coefficient (Wildman–Crippen LogP) is 3.78. The number of benzene rings is 1. The highest BCUT2D eigenvalue weighted by atomic mass is 32.1. The lowest BCUT2D eigenvalue weighted by Gasteiger charge is -2.24. The predicted molar refractivity (Wildman–Crippen MR) is 82.9 cm³/mol. The van der Waals surface area contributed by atoms with Gasteiger partial charge in [-0.25, -0.2) is 4.98 Å². The molecule has 102 valence electrons. The second-order valence-corrected chi connectivity index (χ2v) is 5.89. The highest BCUT2D eigenvalue weighted by Crippen LogP contribution is 2.23. The van der Waals surface area contributed by atoms with Gasteiger partial charge in [0.15, 0.2) is 0 Å². The standard InChI is InChI=1S/C16H22N2S/c1-4-17-15(10-16-18-12(2)11-19-16)13(3)14-8-6-5-7-9-14/h5-9,11,13,15,17H,4,10H2,1-3H3. The third-order valence-electron chi connectivity index (χ3n) is 3.46. The monoisotopic (exact) mass is 274 g/mol. The summed E-state index contributed by atoms with van der Waals surface area (Å²) in [7, 11) is 0. The molecule has 1 N–H and O–H groups in total. The van der Waals surface area contributed by atoms with E-state index in [1.807, 2.05) is 0 Å². The van der Waals surface area contributed by atoms with Crippen molar-refractivity contribution in [2.45, 2.75) is 39.2 Å². The summed E-state index contributed by atoms with van der Waals surface area (Å²) < 4.78 is 0. The van der Waals surface area contributed by atoms with E-state index in [9.17, 15) is 0 Å². The van der Waals surface area contributed by atoms with Crippen molar-refractivity contribution in [1.29, 1.82) is 0 Å². The summed E-state index contributed by atoms with van der Waals surface area (Å²) in [6.45, 7) is 7.51. The van der Waals surface area contributed by atoms with Crippen molar-refractivity contribution in [3.05, 3.63) is 52.0 Å². The van der Waals surface area contributed by atoms with E-state index in [-0.39, 0.29) is 0 Å². The largest absolute Gasteiger partial charge is 0.313 e. The van der Waals surface area contributed by atoms with Gasteiger partial charge in [0.1, 0.15) is 0 Å². The highest BCUT2D eigenvalue weighted by Gasteiger charge is 2.19. The molecule has 0 fully saturated rings. The van der Waals surface area contributed by atoms with E-state index in [1.165, 1.54) is 10.6 Å². The number of aromatic nitrogens is 1. The van der Waals surface area contributed by atoms with Crippen molar-refractivity contribution in [2.75, 3.05) is 6.54 Å². The quantitative estimate of drug-likeness (QED) is 0.867. The summed E-state index contributed by atoms with van der Waals surface area (Å²) in [6, 6.07) is 11.2. The summed E-state index contributed by atoms with van der Waals surface area (Å²) in [4.78, 5) is 4.59. The summed E-state index contributed by atoms with van der Waals surface area (Å²) in [5.41, 5.74) is 2.52. The molecule has 2 unspecified atom stereocenters. The maximum Gasteiger partial charge on any atom is 0.0943 e. The number of nitrogens with one attached hydrogen (secondary N) is 1. The van der Waals surface area contributed by atoms with Gasteiger partial charge in [0.05, 0.1) is 5.01 Å². The molecular weight excluding hydrogens is 252 g/mol. The lowest BCUT2D eigenvalue weighted by molar-refractivity contribution is 0.457. The normalized spacial score (nSPS) is 14.3. The number of nitrogens with zero attached hydrogens (tertiary/aromatic N) is 1. The third kappa shape index (κ3) is 3.88. The molecule has 0 aliphatic heterocycles. The molecule has 0 bridgehead atoms. The van der Waals surface area contributed by atoms with Crippen LogP contribution in [-0.2, 0) is 6.42 Å². The van der Waals surface area contributed by atoms with Gasteiger partial charge in [-0.3, -0.25) is 0 Å². The SMILES string of the molecule is CCNC(Cc1nc(C)cs1)C(C)c1ccccc1. The number of likely N-dealkylation sites (N-methyl/N-ethyl adjacent to an activating group) is 1. The van der Waals surface area contributed by atoms with Crippen LogP contribution >= 0.6 is 11.3 Å². The van der Waals surface area contributed by atoms with Crippen molar-refractivity contribution in [3.8, 4) is 0 Å². The van der Waals surface area contributed by atoms with Gasteiger partial charge in [-0.2, -0.15) is 0 Å². The molecule has 0 spiro atoms. The van der Waals surface area contributed by atoms with E-state index in [2.05, 4.69) is 66.8 Å². The summed E-state index contributed by atoms with van der Waals surface area (Å²) in [6.07, 6.45) is 1.00. The van der Waals surface area contributed by atoms with E-state index >= 15 is 0 Å². The molecule has 0 radical (unpaired) electrons. The zero-order valence-electron chi connectivity index (χ0n) is 11.9. The molecule has 19 heavy (non-hydrogen) atoms. The number of thiazole rings is 1. The molecule has 3 heteroatoms. The van der Waals surface area contributed by atoms with Gasteiger partial charge in [-0.15, -0.1) is 11.3 Å². The maximum absolute atomic E-state index is 4.59. The Balaban J connectivity index is 2.11. The van der Waals surface area contributed by atoms with E-state index < -0.39 is 0 Å². The summed E-state index contributed by atoms with van der Waals surface area (Å²) in [5, 5.41) is 6.96. The van der Waals surface area contributed by atoms with Crippen molar-refractivity contribution < 1.29 is 0 Å². The van der Waals surface area contributed by atoms with Crippen LogP contribution in [0.1, 0.15) is 36.0 Å². The van der Waals surface area contributed by atoms with Crippen molar-refractivity contribution in [1.82, 2.24) is 10.3 Å². The van der Waals surface area contributed by atoms with Crippen LogP contribution in [0.25, 0.3) is 0 Å². The van der Waals surface area contributed by atoms with Crippen LogP contribution in [0.2, 0.25) is 0 Å². The van der Waals surface area contributed by atoms with Crippen LogP contribution in [0.5, 0.6) is 0 Å². The molecule has 1 aromatic heterocycles. The van der Waals surface area contributed by atoms with Gasteiger partial charge in [-0.05, 0) is 24.9 Å². The lowest BCUT2D eigenvalue weighted by Crippen LogP contribution is -2.35. The van der Waals surface area contributed by atoms with Crippen molar-refractivity contribution >= 4 is 11.3 Å². The Kier molecular flexibility index (Phi) is 5.11. The second-order valence-electron chi connectivity index (χ2n) is 4.95. The third-order valence-corrected chi connectivity index (χ3v) is 4.45. The molecule has 1 aromatic carbocycles. The van der Waals surface area contributed by atoms with Crippen LogP contribution in [0.15, 0.2) is 35.7 Å². The molecule has 0 aliphatic rings. The smallest absolute Gasteiger partial charge is 0.0943 e. The lowest BCUT2D eigenvalue weighted by atomic mass is 9.91. The fraction of sp³-hybridized carbons (Fsp3) is 0.438. The topological polar surface area (TPSA) is 24.9 Å². The van der Waals surface area contributed by atoms with Gasteiger partial charge in [-0.1, -0.05) is 44.2 Å². The minimum absolute atomic E-state index is 0.443. The molecule has 0 saturated heterocycles. The van der Waals surface area contributed by atoms with E-state index in [0.29, 0.717) is 12.0 Å². The number of aryl methyl sites for hydroxylation is 1. The Bertz CT molecular complexity index is 492. The van der Waals surface area contributed by atoms with Gasteiger partial charge in [0.25, 0.3) is 0 Å². The van der Waals surface area contributed by atoms with E-state index in [4.69, 9.17) is 0 Å². The first-order valence-corrected chi connectivity index (χ1v) is 7.78. The molecular formula is C16H22N2S. The molecule has 2 nitrogen and oxygen atoms in total. The number of rotatable bonds is 6. The molecule has 2 rings (SSSR count). The van der Waals surface area contributed by atoms with Gasteiger partial charge >= 0.3 is 0 Å². The van der Waals surface area contributed by atoms with Gasteiger partial charge < -0.3 is 5.32 Å². The zero-order valence-corrected chi connectivity index (χ0v) is 12.7. The van der Waals surface area contributed by atoms with Crippen molar-refractivity contribution in [2.24, 2.45) is 0 Å². The van der Waals surface area contributed by atoms with Crippen molar-refractivity contribution in [3.63, 3.8) is 0 Å². The minimum Gasteiger partial charge on any atom is -0.313 e. The Morgan fingerprint density at radius 3 is 2.58 bits per heavy atom. The molecule has 0 saturated carbocycles. The fourth-order valence-electron chi connectivity index (χ4n) is 2.36. The Morgan fingerprint density at radius 1 is 1.26 bits per heavy atom. The van der Waals surface area contributed by atoms with E-state index in [0.717, 1.165) is 18.7 Å². The zero-order chi connectivity index (χ0) is 13.7. The molecule has 2 atom stereocenters. The van der Waals surface area contributed by atoms with Crippen LogP contribution in [0.4, 0.5) is 0 Å².